The fourth-order valence-corrected chi connectivity index (χ4v) is 8.85. The second-order valence-corrected chi connectivity index (χ2v) is 15.8. The van der Waals surface area contributed by atoms with Gasteiger partial charge in [-0.05, 0) is 125 Å². The van der Waals surface area contributed by atoms with Gasteiger partial charge in [-0.3, -0.25) is 0 Å². The molecular formula is C60H41N. The fourth-order valence-electron chi connectivity index (χ4n) is 8.85. The number of hydrogen-bond acceptors (Lipinski definition) is 1. The van der Waals surface area contributed by atoms with Crippen LogP contribution < -0.4 is 4.90 Å². The van der Waals surface area contributed by atoms with Gasteiger partial charge in [0.2, 0.25) is 0 Å². The number of hydrogen-bond donors (Lipinski definition) is 0. The number of fused-ring (bicyclic) bond motifs is 3. The maximum Gasteiger partial charge on any atom is 0.0546 e. The molecule has 0 unspecified atom stereocenters. The summed E-state index contributed by atoms with van der Waals surface area (Å²) in [6.07, 6.45) is 0. The van der Waals surface area contributed by atoms with E-state index in [1.165, 1.54) is 82.4 Å². The van der Waals surface area contributed by atoms with E-state index in [1.54, 1.807) is 0 Å². The van der Waals surface area contributed by atoms with E-state index in [2.05, 4.69) is 254 Å². The molecule has 1 heteroatoms. The number of nitrogens with zero attached hydrogens (tertiary/aromatic N) is 1. The highest BCUT2D eigenvalue weighted by Crippen LogP contribution is 2.44. The quantitative estimate of drug-likeness (QED) is 0.149. The van der Waals surface area contributed by atoms with Gasteiger partial charge in [-0.1, -0.05) is 206 Å². The van der Waals surface area contributed by atoms with E-state index in [4.69, 9.17) is 0 Å². The van der Waals surface area contributed by atoms with Crippen molar-refractivity contribution in [3.05, 3.63) is 249 Å². The Morgan fingerprint density at radius 2 is 0.639 bits per heavy atom. The van der Waals surface area contributed by atoms with Gasteiger partial charge in [0.25, 0.3) is 0 Å². The molecule has 0 amide bonds. The predicted octanol–water partition coefficient (Wildman–Crippen LogP) is 17.0. The molecule has 61 heavy (non-hydrogen) atoms. The molecule has 286 valence electrons. The summed E-state index contributed by atoms with van der Waals surface area (Å²) in [6, 6.07) is 90.6. The maximum atomic E-state index is 2.43. The van der Waals surface area contributed by atoms with E-state index >= 15 is 0 Å². The molecule has 0 saturated heterocycles. The molecule has 0 fully saturated rings. The molecule has 1 nitrogen and oxygen atoms in total. The summed E-state index contributed by atoms with van der Waals surface area (Å²) in [6.45, 7) is 0. The number of benzene rings is 11. The molecule has 0 bridgehead atoms. The zero-order chi connectivity index (χ0) is 40.5. The van der Waals surface area contributed by atoms with Gasteiger partial charge in [0.05, 0.1) is 5.69 Å². The van der Waals surface area contributed by atoms with Crippen molar-refractivity contribution in [1.29, 1.82) is 0 Å². The molecule has 0 radical (unpaired) electrons. The van der Waals surface area contributed by atoms with Gasteiger partial charge in [0.1, 0.15) is 0 Å². The van der Waals surface area contributed by atoms with Crippen molar-refractivity contribution in [2.75, 3.05) is 4.90 Å². The Bertz CT molecular complexity index is 3320. The number of rotatable bonds is 8. The zero-order valence-corrected chi connectivity index (χ0v) is 33.6. The first-order chi connectivity index (χ1) is 30.2. The third-order valence-electron chi connectivity index (χ3n) is 12.1. The Hall–Kier alpha value is -8.00. The summed E-state index contributed by atoms with van der Waals surface area (Å²) in [5.41, 5.74) is 15.2. The summed E-state index contributed by atoms with van der Waals surface area (Å²) in [7, 11) is 0. The average molecular weight is 776 g/mol. The summed E-state index contributed by atoms with van der Waals surface area (Å²) >= 11 is 0. The topological polar surface area (TPSA) is 3.24 Å². The molecule has 0 aliphatic carbocycles. The van der Waals surface area contributed by atoms with Gasteiger partial charge in [0.15, 0.2) is 0 Å². The van der Waals surface area contributed by atoms with Crippen molar-refractivity contribution in [2.45, 2.75) is 0 Å². The standard InChI is InChI=1S/C60H41N/c1-2-11-42(12-3-1)46-29-34-55(35-30-46)61(56-36-31-47(32-37-56)45-21-25-49(26-22-45)58-20-10-18-48-15-8-9-19-57(48)58)60-41-53(52-27-23-43-13-4-6-16-50(43)39-52)33-38-59(60)54-28-24-44-14-5-7-17-51(44)40-54/h1-41H. The van der Waals surface area contributed by atoms with E-state index in [1.807, 2.05) is 0 Å². The highest BCUT2D eigenvalue weighted by atomic mass is 15.1. The molecule has 11 aromatic rings. The molecular weight excluding hydrogens is 735 g/mol. The largest absolute Gasteiger partial charge is 0.310 e. The molecule has 0 aliphatic rings. The van der Waals surface area contributed by atoms with Crippen LogP contribution in [0.1, 0.15) is 0 Å². The van der Waals surface area contributed by atoms with E-state index in [0.29, 0.717) is 0 Å². The third kappa shape index (κ3) is 7.03. The van der Waals surface area contributed by atoms with Crippen LogP contribution in [0.25, 0.3) is 88.0 Å². The second-order valence-electron chi connectivity index (χ2n) is 15.8. The second kappa shape index (κ2) is 15.6. The van der Waals surface area contributed by atoms with Crippen molar-refractivity contribution in [1.82, 2.24) is 0 Å². The summed E-state index contributed by atoms with van der Waals surface area (Å²) in [4.78, 5) is 2.43. The van der Waals surface area contributed by atoms with E-state index in [9.17, 15) is 0 Å². The minimum absolute atomic E-state index is 1.08. The Morgan fingerprint density at radius 3 is 1.28 bits per heavy atom. The van der Waals surface area contributed by atoms with E-state index in [-0.39, 0.29) is 0 Å². The molecule has 0 spiro atoms. The smallest absolute Gasteiger partial charge is 0.0546 e. The molecule has 0 N–H and O–H groups in total. The molecule has 0 aliphatic heterocycles. The monoisotopic (exact) mass is 775 g/mol. The van der Waals surface area contributed by atoms with Crippen molar-refractivity contribution in [3.8, 4) is 55.6 Å². The summed E-state index contributed by atoms with van der Waals surface area (Å²) < 4.78 is 0. The Kier molecular flexibility index (Phi) is 9.26. The zero-order valence-electron chi connectivity index (χ0n) is 33.6. The molecule has 0 heterocycles. The SMILES string of the molecule is c1ccc(-c2ccc(N(c3ccc(-c4ccc(-c5cccc6ccccc56)cc4)cc3)c3cc(-c4ccc5ccccc5c4)ccc3-c3ccc4ccccc4c3)cc2)cc1. The van der Waals surface area contributed by atoms with Crippen LogP contribution in [0.2, 0.25) is 0 Å². The third-order valence-corrected chi connectivity index (χ3v) is 12.1. The summed E-state index contributed by atoms with van der Waals surface area (Å²) in [5.74, 6) is 0. The van der Waals surface area contributed by atoms with Crippen LogP contribution >= 0.6 is 0 Å². The first kappa shape index (κ1) is 36.1. The first-order valence-electron chi connectivity index (χ1n) is 21.0. The Balaban J connectivity index is 1.05. The minimum atomic E-state index is 1.08. The predicted molar refractivity (Wildman–Crippen MR) is 261 cm³/mol. The van der Waals surface area contributed by atoms with Crippen molar-refractivity contribution < 1.29 is 0 Å². The van der Waals surface area contributed by atoms with Crippen LogP contribution in [0.3, 0.4) is 0 Å². The molecule has 0 saturated carbocycles. The van der Waals surface area contributed by atoms with Gasteiger partial charge < -0.3 is 4.90 Å². The Labute approximate surface area is 357 Å². The van der Waals surface area contributed by atoms with Crippen molar-refractivity contribution >= 4 is 49.4 Å². The first-order valence-corrected chi connectivity index (χ1v) is 21.0. The van der Waals surface area contributed by atoms with Crippen LogP contribution in [0, 0.1) is 0 Å². The number of anilines is 3. The van der Waals surface area contributed by atoms with E-state index in [0.717, 1.165) is 22.6 Å². The van der Waals surface area contributed by atoms with E-state index < -0.39 is 0 Å². The van der Waals surface area contributed by atoms with Gasteiger partial charge in [0, 0.05) is 16.9 Å². The molecule has 0 aromatic heterocycles. The van der Waals surface area contributed by atoms with Crippen molar-refractivity contribution in [2.24, 2.45) is 0 Å². The van der Waals surface area contributed by atoms with Crippen LogP contribution in [-0.4, -0.2) is 0 Å². The van der Waals surface area contributed by atoms with Crippen LogP contribution in [0.4, 0.5) is 17.1 Å². The van der Waals surface area contributed by atoms with Gasteiger partial charge in [-0.2, -0.15) is 0 Å². The normalized spacial score (nSPS) is 11.3. The molecule has 0 atom stereocenters. The van der Waals surface area contributed by atoms with Gasteiger partial charge in [-0.15, -0.1) is 0 Å². The maximum absolute atomic E-state index is 2.43. The summed E-state index contributed by atoms with van der Waals surface area (Å²) in [5, 5.41) is 7.45. The van der Waals surface area contributed by atoms with Crippen LogP contribution in [-0.2, 0) is 0 Å². The van der Waals surface area contributed by atoms with Crippen LogP contribution in [0.5, 0.6) is 0 Å². The minimum Gasteiger partial charge on any atom is -0.310 e. The highest BCUT2D eigenvalue weighted by molar-refractivity contribution is 5.98. The molecule has 11 aromatic carbocycles. The average Bonchev–Trinajstić information content (AvgIpc) is 3.34. The lowest BCUT2D eigenvalue weighted by Gasteiger charge is -2.29. The fraction of sp³-hybridized carbons (Fsp3) is 0. The highest BCUT2D eigenvalue weighted by Gasteiger charge is 2.20. The lowest BCUT2D eigenvalue weighted by molar-refractivity contribution is 1.28. The van der Waals surface area contributed by atoms with Gasteiger partial charge in [-0.25, -0.2) is 0 Å². The lowest BCUT2D eigenvalue weighted by Crippen LogP contribution is -2.11. The molecule has 11 rings (SSSR count). The van der Waals surface area contributed by atoms with Gasteiger partial charge >= 0.3 is 0 Å². The van der Waals surface area contributed by atoms with Crippen LogP contribution in [0.15, 0.2) is 249 Å². The Morgan fingerprint density at radius 1 is 0.213 bits per heavy atom. The van der Waals surface area contributed by atoms with Crippen molar-refractivity contribution in [3.63, 3.8) is 0 Å². The lowest BCUT2D eigenvalue weighted by atomic mass is 9.94.